The molecule has 1 fully saturated rings. The summed E-state index contributed by atoms with van der Waals surface area (Å²) in [5.74, 6) is 2.87. The Morgan fingerprint density at radius 1 is 1.11 bits per heavy atom. The van der Waals surface area contributed by atoms with Gasteiger partial charge in [-0.2, -0.15) is 0 Å². The molecule has 2 heterocycles. The molecule has 2 aliphatic heterocycles. The molecule has 0 radical (unpaired) electrons. The molecule has 1 amide bonds. The van der Waals surface area contributed by atoms with Crippen molar-refractivity contribution < 1.29 is 19.4 Å². The van der Waals surface area contributed by atoms with Crippen LogP contribution in [0.15, 0.2) is 42.5 Å². The van der Waals surface area contributed by atoms with Gasteiger partial charge in [0, 0.05) is 50.4 Å². The van der Waals surface area contributed by atoms with Crippen LogP contribution in [0, 0.1) is 18.3 Å². The minimum absolute atomic E-state index is 0.0247. The zero-order chi connectivity index (χ0) is 26.3. The number of anilines is 2. The van der Waals surface area contributed by atoms with Gasteiger partial charge in [-0.05, 0) is 51.0 Å². The van der Waals surface area contributed by atoms with Gasteiger partial charge in [0.25, 0.3) is 0 Å². The molecule has 198 valence electrons. The van der Waals surface area contributed by atoms with E-state index in [9.17, 15) is 9.90 Å². The Kier molecular flexibility index (Phi) is 8.93. The minimum Gasteiger partial charge on any atom is -0.493 e. The Balaban J connectivity index is 1.24. The highest BCUT2D eigenvalue weighted by atomic mass is 16.5. The summed E-state index contributed by atoms with van der Waals surface area (Å²) < 4.78 is 12.0. The first-order chi connectivity index (χ1) is 17.9. The molecular weight excluding hydrogens is 468 g/mol. The minimum atomic E-state index is -1.08. The standard InChI is InChI=1S/C29H38N4O4/c1-4-22(2)21-37-26-13-12-25(24-11-14-27(34)31-28(24)26)36-20-8-15-30-29(3,35)33-18-16-32(17-19-33)23-9-6-5-7-10-23/h1,5-7,9-10,12-13,22,30,35H,8,11,14-21H2,2-3H3,(H,31,34). The van der Waals surface area contributed by atoms with Crippen molar-refractivity contribution in [2.75, 3.05) is 56.2 Å². The number of nitrogens with zero attached hydrogens (tertiary/aromatic N) is 2. The maximum atomic E-state index is 12.0. The van der Waals surface area contributed by atoms with Crippen LogP contribution in [0.25, 0.3) is 0 Å². The quantitative estimate of drug-likeness (QED) is 0.245. The number of carbonyl (C=O) groups excluding carboxylic acids is 1. The Bertz CT molecular complexity index is 1090. The van der Waals surface area contributed by atoms with E-state index in [0.717, 1.165) is 43.9 Å². The molecule has 8 heteroatoms. The Morgan fingerprint density at radius 2 is 1.84 bits per heavy atom. The number of amides is 1. The first kappa shape index (κ1) is 26.8. The molecule has 1 saturated heterocycles. The smallest absolute Gasteiger partial charge is 0.224 e. The molecular formula is C29H38N4O4. The Labute approximate surface area is 219 Å². The van der Waals surface area contributed by atoms with Crippen LogP contribution in [0.3, 0.4) is 0 Å². The SMILES string of the molecule is C#CC(C)COc1ccc(OCCCNC(C)(O)N2CCN(c3ccccc3)CC2)c2c1NC(=O)CC2. The third-order valence-corrected chi connectivity index (χ3v) is 6.93. The number of para-hydroxylation sites is 1. The van der Waals surface area contributed by atoms with Gasteiger partial charge in [0.2, 0.25) is 5.91 Å². The average molecular weight is 507 g/mol. The zero-order valence-electron chi connectivity index (χ0n) is 21.8. The first-order valence-electron chi connectivity index (χ1n) is 13.1. The summed E-state index contributed by atoms with van der Waals surface area (Å²) in [7, 11) is 0. The van der Waals surface area contributed by atoms with E-state index in [1.165, 1.54) is 5.69 Å². The maximum Gasteiger partial charge on any atom is 0.224 e. The molecule has 4 rings (SSSR count). The fourth-order valence-electron chi connectivity index (χ4n) is 4.68. The van der Waals surface area contributed by atoms with E-state index in [1.54, 1.807) is 0 Å². The van der Waals surface area contributed by atoms with Crippen LogP contribution in [-0.2, 0) is 11.2 Å². The van der Waals surface area contributed by atoms with Crippen molar-refractivity contribution in [3.63, 3.8) is 0 Å². The van der Waals surface area contributed by atoms with Crippen LogP contribution in [0.4, 0.5) is 11.4 Å². The number of piperazine rings is 1. The fourth-order valence-corrected chi connectivity index (χ4v) is 4.68. The van der Waals surface area contributed by atoms with Gasteiger partial charge in [-0.15, -0.1) is 12.3 Å². The van der Waals surface area contributed by atoms with Gasteiger partial charge in [0.05, 0.1) is 18.2 Å². The molecule has 37 heavy (non-hydrogen) atoms. The summed E-state index contributed by atoms with van der Waals surface area (Å²) >= 11 is 0. The number of rotatable bonds is 11. The van der Waals surface area contributed by atoms with Gasteiger partial charge in [-0.3, -0.25) is 15.0 Å². The van der Waals surface area contributed by atoms with Gasteiger partial charge in [0.15, 0.2) is 5.85 Å². The average Bonchev–Trinajstić information content (AvgIpc) is 2.92. The first-order valence-corrected chi connectivity index (χ1v) is 13.1. The molecule has 2 aliphatic rings. The zero-order valence-corrected chi connectivity index (χ0v) is 21.8. The molecule has 2 atom stereocenters. The molecule has 2 aromatic carbocycles. The molecule has 3 N–H and O–H groups in total. The fraction of sp³-hybridized carbons (Fsp3) is 0.483. The van der Waals surface area contributed by atoms with Crippen molar-refractivity contribution in [3.05, 3.63) is 48.0 Å². The van der Waals surface area contributed by atoms with E-state index < -0.39 is 5.85 Å². The number of hydrogen-bond acceptors (Lipinski definition) is 7. The van der Waals surface area contributed by atoms with Crippen molar-refractivity contribution in [1.29, 1.82) is 0 Å². The normalized spacial score (nSPS) is 18.2. The van der Waals surface area contributed by atoms with Crippen molar-refractivity contribution in [2.24, 2.45) is 5.92 Å². The van der Waals surface area contributed by atoms with Gasteiger partial charge in [0.1, 0.15) is 18.1 Å². The van der Waals surface area contributed by atoms with Crippen LogP contribution in [0.1, 0.15) is 32.3 Å². The van der Waals surface area contributed by atoms with Crippen LogP contribution >= 0.6 is 0 Å². The van der Waals surface area contributed by atoms with Crippen molar-refractivity contribution in [2.45, 2.75) is 39.0 Å². The number of aliphatic hydroxyl groups is 1. The molecule has 0 aromatic heterocycles. The Morgan fingerprint density at radius 3 is 2.57 bits per heavy atom. The summed E-state index contributed by atoms with van der Waals surface area (Å²) in [6.07, 6.45) is 7.18. The third-order valence-electron chi connectivity index (χ3n) is 6.93. The number of nitrogens with one attached hydrogen (secondary N) is 2. The monoisotopic (exact) mass is 506 g/mol. The molecule has 2 aromatic rings. The van der Waals surface area contributed by atoms with E-state index in [1.807, 2.05) is 32.0 Å². The molecule has 8 nitrogen and oxygen atoms in total. The Hall–Kier alpha value is -3.25. The highest BCUT2D eigenvalue weighted by Gasteiger charge is 2.31. The van der Waals surface area contributed by atoms with Crippen LogP contribution in [0.5, 0.6) is 11.5 Å². The number of hydrogen-bond donors (Lipinski definition) is 3. The van der Waals surface area contributed by atoms with Gasteiger partial charge >= 0.3 is 0 Å². The molecule has 0 spiro atoms. The topological polar surface area (TPSA) is 86.3 Å². The van der Waals surface area contributed by atoms with E-state index >= 15 is 0 Å². The van der Waals surface area contributed by atoms with Gasteiger partial charge in [-0.1, -0.05) is 18.2 Å². The lowest BCUT2D eigenvalue weighted by Gasteiger charge is -2.43. The predicted molar refractivity (Wildman–Crippen MR) is 146 cm³/mol. The molecule has 0 saturated carbocycles. The molecule has 2 unspecified atom stereocenters. The number of terminal acetylenes is 1. The highest BCUT2D eigenvalue weighted by molar-refractivity contribution is 5.96. The summed E-state index contributed by atoms with van der Waals surface area (Å²) in [4.78, 5) is 16.4. The second-order valence-corrected chi connectivity index (χ2v) is 9.80. The van der Waals surface area contributed by atoms with Crippen LogP contribution < -0.4 is 25.0 Å². The summed E-state index contributed by atoms with van der Waals surface area (Å²) in [5, 5.41) is 17.2. The third kappa shape index (κ3) is 6.95. The maximum absolute atomic E-state index is 12.0. The predicted octanol–water partition coefficient (Wildman–Crippen LogP) is 3.07. The van der Waals surface area contributed by atoms with Crippen LogP contribution in [-0.4, -0.2) is 67.7 Å². The number of fused-ring (bicyclic) bond motifs is 1. The van der Waals surface area contributed by atoms with E-state index in [4.69, 9.17) is 15.9 Å². The van der Waals surface area contributed by atoms with Crippen molar-refractivity contribution in [1.82, 2.24) is 10.2 Å². The molecule has 0 aliphatic carbocycles. The number of ether oxygens (including phenoxy) is 2. The van der Waals surface area contributed by atoms with E-state index in [2.05, 4.69) is 50.6 Å². The van der Waals surface area contributed by atoms with Crippen molar-refractivity contribution in [3.8, 4) is 23.8 Å². The summed E-state index contributed by atoms with van der Waals surface area (Å²) in [5.41, 5.74) is 2.84. The lowest BCUT2D eigenvalue weighted by atomic mass is 10.0. The largest absolute Gasteiger partial charge is 0.493 e. The number of benzene rings is 2. The summed E-state index contributed by atoms with van der Waals surface area (Å²) in [6.45, 7) is 8.49. The van der Waals surface area contributed by atoms with Gasteiger partial charge < -0.3 is 24.8 Å². The molecule has 0 bridgehead atoms. The second kappa shape index (κ2) is 12.3. The van der Waals surface area contributed by atoms with Crippen molar-refractivity contribution >= 4 is 17.3 Å². The van der Waals surface area contributed by atoms with E-state index in [0.29, 0.717) is 44.0 Å². The lowest BCUT2D eigenvalue weighted by molar-refractivity contribution is -0.121. The highest BCUT2D eigenvalue weighted by Crippen LogP contribution is 2.39. The number of carbonyl (C=O) groups is 1. The lowest BCUT2D eigenvalue weighted by Crippen LogP contribution is -2.62. The van der Waals surface area contributed by atoms with Gasteiger partial charge in [-0.25, -0.2) is 0 Å². The summed E-state index contributed by atoms with van der Waals surface area (Å²) in [6, 6.07) is 14.1. The van der Waals surface area contributed by atoms with E-state index in [-0.39, 0.29) is 11.8 Å². The van der Waals surface area contributed by atoms with Crippen LogP contribution in [0.2, 0.25) is 0 Å². The second-order valence-electron chi connectivity index (χ2n) is 9.80.